The molecule has 0 heterocycles. The zero-order chi connectivity index (χ0) is 16.5. The first-order chi connectivity index (χ1) is 10.8. The molecule has 0 aromatic carbocycles. The molecule has 2 N–H and O–H groups in total. The molecule has 23 heavy (non-hydrogen) atoms. The number of hydrogen-bond donors (Lipinski definition) is 2. The minimum absolute atomic E-state index is 0.293. The van der Waals surface area contributed by atoms with Gasteiger partial charge in [-0.05, 0) is 80.5 Å². The predicted molar refractivity (Wildman–Crippen MR) is 91.2 cm³/mol. The second-order valence-electron chi connectivity index (χ2n) is 9.48. The average molecular weight is 316 g/mol. The minimum Gasteiger partial charge on any atom is -0.365 e. The second-order valence-corrected chi connectivity index (χ2v) is 9.48. The highest BCUT2D eigenvalue weighted by molar-refractivity contribution is 5.15. The molecule has 4 rings (SSSR count). The van der Waals surface area contributed by atoms with Crippen molar-refractivity contribution < 1.29 is 10.2 Å². The van der Waals surface area contributed by atoms with Crippen molar-refractivity contribution in [1.82, 2.24) is 0 Å². The summed E-state index contributed by atoms with van der Waals surface area (Å²) in [5.41, 5.74) is -0.0227. The SMILES string of the molecule is C#CC1CC[C@H]2[C@@H]3CCC4CCCC(O)(O)[C@]4(C)[C@H]3CC[C@]12C. The summed E-state index contributed by atoms with van der Waals surface area (Å²) in [6.45, 7) is 4.62. The van der Waals surface area contributed by atoms with E-state index >= 15 is 0 Å². The summed E-state index contributed by atoms with van der Waals surface area (Å²) in [4.78, 5) is 0. The van der Waals surface area contributed by atoms with Crippen LogP contribution < -0.4 is 0 Å². The van der Waals surface area contributed by atoms with Crippen molar-refractivity contribution in [3.63, 3.8) is 0 Å². The van der Waals surface area contributed by atoms with Gasteiger partial charge in [0.1, 0.15) is 0 Å². The van der Waals surface area contributed by atoms with Crippen LogP contribution in [-0.4, -0.2) is 16.0 Å². The Bertz CT molecular complexity index is 532. The molecule has 0 aliphatic heterocycles. The van der Waals surface area contributed by atoms with Gasteiger partial charge in [0.2, 0.25) is 0 Å². The molecule has 4 aliphatic carbocycles. The van der Waals surface area contributed by atoms with E-state index in [0.717, 1.165) is 12.8 Å². The molecule has 128 valence electrons. The molecule has 0 saturated heterocycles. The number of rotatable bonds is 0. The van der Waals surface area contributed by atoms with E-state index in [2.05, 4.69) is 19.8 Å². The van der Waals surface area contributed by atoms with Gasteiger partial charge in [0.05, 0.1) is 0 Å². The molecule has 7 atom stereocenters. The monoisotopic (exact) mass is 316 g/mol. The highest BCUT2D eigenvalue weighted by Crippen LogP contribution is 2.68. The van der Waals surface area contributed by atoms with Crippen LogP contribution in [0.15, 0.2) is 0 Å². The molecule has 4 saturated carbocycles. The third-order valence-corrected chi connectivity index (χ3v) is 9.05. The third-order valence-electron chi connectivity index (χ3n) is 9.05. The van der Waals surface area contributed by atoms with Crippen LogP contribution in [0.4, 0.5) is 0 Å². The molecule has 2 unspecified atom stereocenters. The van der Waals surface area contributed by atoms with Gasteiger partial charge in [0.25, 0.3) is 0 Å². The summed E-state index contributed by atoms with van der Waals surface area (Å²) in [7, 11) is 0. The summed E-state index contributed by atoms with van der Waals surface area (Å²) in [5, 5.41) is 21.8. The molecule has 0 amide bonds. The van der Waals surface area contributed by atoms with Gasteiger partial charge in [-0.2, -0.15) is 0 Å². The quantitative estimate of drug-likeness (QED) is 0.524. The zero-order valence-electron chi connectivity index (χ0n) is 14.7. The van der Waals surface area contributed by atoms with Crippen LogP contribution >= 0.6 is 0 Å². The highest BCUT2D eigenvalue weighted by Gasteiger charge is 2.65. The van der Waals surface area contributed by atoms with Crippen molar-refractivity contribution in [2.24, 2.45) is 40.4 Å². The van der Waals surface area contributed by atoms with Crippen molar-refractivity contribution in [2.75, 3.05) is 0 Å². The Balaban J connectivity index is 1.70. The van der Waals surface area contributed by atoms with E-state index in [1.807, 2.05) is 0 Å². The van der Waals surface area contributed by atoms with Crippen molar-refractivity contribution >= 4 is 0 Å². The molecular formula is C21H32O2. The summed E-state index contributed by atoms with van der Waals surface area (Å²) >= 11 is 0. The molecule has 4 aliphatic rings. The van der Waals surface area contributed by atoms with Gasteiger partial charge in [0.15, 0.2) is 5.79 Å². The van der Waals surface area contributed by atoms with Gasteiger partial charge >= 0.3 is 0 Å². The minimum atomic E-state index is -1.48. The van der Waals surface area contributed by atoms with Crippen molar-refractivity contribution in [3.05, 3.63) is 0 Å². The van der Waals surface area contributed by atoms with E-state index in [9.17, 15) is 10.2 Å². The van der Waals surface area contributed by atoms with Gasteiger partial charge in [-0.15, -0.1) is 12.3 Å². The van der Waals surface area contributed by atoms with Gasteiger partial charge < -0.3 is 10.2 Å². The molecule has 4 fully saturated rings. The summed E-state index contributed by atoms with van der Waals surface area (Å²) in [5.74, 6) is 4.32. The Kier molecular flexibility index (Phi) is 3.47. The fourth-order valence-electron chi connectivity index (χ4n) is 7.64. The van der Waals surface area contributed by atoms with E-state index in [0.29, 0.717) is 41.4 Å². The molecule has 2 heteroatoms. The van der Waals surface area contributed by atoms with Gasteiger partial charge in [0, 0.05) is 17.8 Å². The maximum atomic E-state index is 10.9. The Labute approximate surface area is 141 Å². The third kappa shape index (κ3) is 1.90. The molecule has 0 radical (unpaired) electrons. The van der Waals surface area contributed by atoms with E-state index in [4.69, 9.17) is 6.42 Å². The van der Waals surface area contributed by atoms with Crippen molar-refractivity contribution in [3.8, 4) is 12.3 Å². The van der Waals surface area contributed by atoms with Crippen LogP contribution in [0.5, 0.6) is 0 Å². The summed E-state index contributed by atoms with van der Waals surface area (Å²) < 4.78 is 0. The summed E-state index contributed by atoms with van der Waals surface area (Å²) in [6, 6.07) is 0. The lowest BCUT2D eigenvalue weighted by Gasteiger charge is -2.63. The Morgan fingerprint density at radius 1 is 0.913 bits per heavy atom. The molecule has 0 bridgehead atoms. The lowest BCUT2D eigenvalue weighted by Crippen LogP contribution is -2.63. The maximum absolute atomic E-state index is 10.9. The molecule has 0 aromatic heterocycles. The average Bonchev–Trinajstić information content (AvgIpc) is 2.85. The van der Waals surface area contributed by atoms with Crippen LogP contribution in [0.25, 0.3) is 0 Å². The smallest absolute Gasteiger partial charge is 0.168 e. The van der Waals surface area contributed by atoms with E-state index in [1.54, 1.807) is 0 Å². The Morgan fingerprint density at radius 3 is 2.43 bits per heavy atom. The van der Waals surface area contributed by atoms with E-state index in [-0.39, 0.29) is 5.41 Å². The Hall–Kier alpha value is -0.520. The number of aliphatic hydroxyl groups is 2. The van der Waals surface area contributed by atoms with Crippen LogP contribution in [0, 0.1) is 52.8 Å². The number of terminal acetylenes is 1. The molecular weight excluding hydrogens is 284 g/mol. The predicted octanol–water partition coefficient (Wildman–Crippen LogP) is 3.96. The fourth-order valence-corrected chi connectivity index (χ4v) is 7.64. The van der Waals surface area contributed by atoms with Crippen LogP contribution in [0.1, 0.15) is 71.6 Å². The van der Waals surface area contributed by atoms with Gasteiger partial charge in [-0.25, -0.2) is 0 Å². The first-order valence-corrected chi connectivity index (χ1v) is 9.75. The molecule has 0 spiro atoms. The van der Waals surface area contributed by atoms with Crippen molar-refractivity contribution in [1.29, 1.82) is 0 Å². The lowest BCUT2D eigenvalue weighted by molar-refractivity contribution is -0.312. The summed E-state index contributed by atoms with van der Waals surface area (Å²) in [6.07, 6.45) is 15.7. The largest absolute Gasteiger partial charge is 0.365 e. The van der Waals surface area contributed by atoms with Crippen LogP contribution in [0.3, 0.4) is 0 Å². The van der Waals surface area contributed by atoms with Crippen LogP contribution in [0.2, 0.25) is 0 Å². The fraction of sp³-hybridized carbons (Fsp3) is 0.905. The highest BCUT2D eigenvalue weighted by atomic mass is 16.5. The molecule has 2 nitrogen and oxygen atoms in total. The van der Waals surface area contributed by atoms with Gasteiger partial charge in [-0.1, -0.05) is 13.8 Å². The van der Waals surface area contributed by atoms with Gasteiger partial charge in [-0.3, -0.25) is 0 Å². The van der Waals surface area contributed by atoms with Crippen LogP contribution in [-0.2, 0) is 0 Å². The van der Waals surface area contributed by atoms with E-state index < -0.39 is 5.79 Å². The number of fused-ring (bicyclic) bond motifs is 5. The maximum Gasteiger partial charge on any atom is 0.168 e. The lowest BCUT2D eigenvalue weighted by atomic mass is 9.43. The van der Waals surface area contributed by atoms with E-state index in [1.165, 1.54) is 38.5 Å². The second kappa shape index (κ2) is 4.99. The Morgan fingerprint density at radius 2 is 1.70 bits per heavy atom. The number of hydrogen-bond acceptors (Lipinski definition) is 2. The normalized spacial score (nSPS) is 54.5. The topological polar surface area (TPSA) is 40.5 Å². The standard InChI is InChI=1S/C21H32O2/c1-4-14-8-10-17-16-9-7-15-6-5-12-21(22,23)20(15,3)18(16)11-13-19(14,17)2/h1,14-18,22-23H,5-13H2,2-3H3/t14?,15?,16-,17-,18-,19+,20-/m0/s1. The zero-order valence-corrected chi connectivity index (χ0v) is 14.7. The van der Waals surface area contributed by atoms with Crippen molar-refractivity contribution in [2.45, 2.75) is 77.4 Å². The first kappa shape index (κ1) is 16.0. The molecule has 0 aromatic rings. The first-order valence-electron chi connectivity index (χ1n) is 9.75.